The summed E-state index contributed by atoms with van der Waals surface area (Å²) in [6.45, 7) is 3.82. The molecule has 1 amide bonds. The molecule has 0 aliphatic carbocycles. The molecule has 0 aromatic heterocycles. The molecule has 0 radical (unpaired) electrons. The van der Waals surface area contributed by atoms with Crippen LogP contribution < -0.4 is 5.32 Å². The number of hydrogen-bond donors (Lipinski definition) is 6. The van der Waals surface area contributed by atoms with E-state index in [1.54, 1.807) is 6.08 Å². The zero-order valence-electron chi connectivity index (χ0n) is 47.7. The van der Waals surface area contributed by atoms with E-state index in [9.17, 15) is 30.3 Å². The van der Waals surface area contributed by atoms with Gasteiger partial charge in [0.1, 0.15) is 24.4 Å². The number of carbonyl (C=O) groups is 1. The Balaban J connectivity index is 2.07. The van der Waals surface area contributed by atoms with Crippen molar-refractivity contribution in [2.45, 2.75) is 371 Å². The molecule has 0 aromatic carbocycles. The number of aliphatic hydroxyl groups is 5. The van der Waals surface area contributed by atoms with Gasteiger partial charge < -0.3 is 40.3 Å². The molecule has 1 saturated heterocycles. The predicted octanol–water partition coefficient (Wildman–Crippen LogP) is 16.4. The number of allylic oxidation sites excluding steroid dienone is 1. The van der Waals surface area contributed by atoms with E-state index in [-0.39, 0.29) is 12.5 Å². The molecular weight excluding hydrogens is 899 g/mol. The van der Waals surface area contributed by atoms with E-state index in [0.717, 1.165) is 38.5 Å². The lowest BCUT2D eigenvalue weighted by atomic mass is 9.99. The predicted molar refractivity (Wildman–Crippen MR) is 304 cm³/mol. The third-order valence-electron chi connectivity index (χ3n) is 15.6. The number of hydrogen-bond acceptors (Lipinski definition) is 8. The zero-order valence-corrected chi connectivity index (χ0v) is 47.7. The summed E-state index contributed by atoms with van der Waals surface area (Å²) in [6, 6.07) is -0.800. The molecule has 428 valence electrons. The first-order chi connectivity index (χ1) is 35.3. The van der Waals surface area contributed by atoms with Crippen LogP contribution in [0.2, 0.25) is 0 Å². The van der Waals surface area contributed by atoms with Gasteiger partial charge in [-0.25, -0.2) is 0 Å². The fourth-order valence-electron chi connectivity index (χ4n) is 10.6. The van der Waals surface area contributed by atoms with Gasteiger partial charge in [0, 0.05) is 6.42 Å². The first kappa shape index (κ1) is 68.9. The third-order valence-corrected chi connectivity index (χ3v) is 15.6. The molecule has 7 atom stereocenters. The van der Waals surface area contributed by atoms with Crippen molar-refractivity contribution < 1.29 is 39.8 Å². The largest absolute Gasteiger partial charge is 0.394 e. The lowest BCUT2D eigenvalue weighted by molar-refractivity contribution is -0.302. The molecule has 1 rings (SSSR count). The number of aliphatic hydroxyl groups excluding tert-OH is 5. The highest BCUT2D eigenvalue weighted by Gasteiger charge is 2.44. The molecule has 9 heteroatoms. The number of amides is 1. The summed E-state index contributed by atoms with van der Waals surface area (Å²) in [6.07, 6.45) is 60.3. The van der Waals surface area contributed by atoms with Crippen molar-refractivity contribution in [3.63, 3.8) is 0 Å². The van der Waals surface area contributed by atoms with Crippen LogP contribution in [0.25, 0.3) is 0 Å². The van der Waals surface area contributed by atoms with Crippen LogP contribution in [0.1, 0.15) is 328 Å². The van der Waals surface area contributed by atoms with E-state index in [4.69, 9.17) is 9.47 Å². The lowest BCUT2D eigenvalue weighted by Crippen LogP contribution is -2.60. The summed E-state index contributed by atoms with van der Waals surface area (Å²) in [4.78, 5) is 13.1. The van der Waals surface area contributed by atoms with Crippen molar-refractivity contribution in [3.05, 3.63) is 12.2 Å². The average Bonchev–Trinajstić information content (AvgIpc) is 3.38. The fraction of sp³-hybridized carbons (Fsp3) is 0.952. The van der Waals surface area contributed by atoms with Crippen LogP contribution in [-0.4, -0.2) is 87.5 Å². The molecule has 72 heavy (non-hydrogen) atoms. The maximum Gasteiger partial charge on any atom is 0.220 e. The molecule has 0 aromatic rings. The van der Waals surface area contributed by atoms with Gasteiger partial charge in [-0.3, -0.25) is 4.79 Å². The molecule has 6 N–H and O–H groups in total. The Kier molecular flexibility index (Phi) is 51.1. The highest BCUT2D eigenvalue weighted by atomic mass is 16.7. The monoisotopic (exact) mass is 1020 g/mol. The van der Waals surface area contributed by atoms with E-state index < -0.39 is 49.5 Å². The molecule has 1 aliphatic rings. The third kappa shape index (κ3) is 42.1. The Morgan fingerprint density at radius 3 is 1.08 bits per heavy atom. The summed E-state index contributed by atoms with van der Waals surface area (Å²) in [5, 5.41) is 54.5. The van der Waals surface area contributed by atoms with Crippen LogP contribution in [-0.2, 0) is 14.3 Å². The van der Waals surface area contributed by atoms with Gasteiger partial charge in [0.2, 0.25) is 5.91 Å². The van der Waals surface area contributed by atoms with Crippen molar-refractivity contribution in [1.29, 1.82) is 0 Å². The molecule has 1 aliphatic heterocycles. The van der Waals surface area contributed by atoms with Gasteiger partial charge in [0.25, 0.3) is 0 Å². The number of carbonyl (C=O) groups excluding carboxylic acids is 1. The van der Waals surface area contributed by atoms with Crippen molar-refractivity contribution in [1.82, 2.24) is 5.32 Å². The van der Waals surface area contributed by atoms with Crippen molar-refractivity contribution in [2.24, 2.45) is 0 Å². The molecule has 0 spiro atoms. The number of nitrogens with one attached hydrogen (secondary N) is 1. The summed E-state index contributed by atoms with van der Waals surface area (Å²) in [5.74, 6) is -0.169. The van der Waals surface area contributed by atoms with E-state index in [1.807, 2.05) is 6.08 Å². The van der Waals surface area contributed by atoms with Crippen molar-refractivity contribution in [2.75, 3.05) is 13.2 Å². The highest BCUT2D eigenvalue weighted by Crippen LogP contribution is 2.23. The minimum atomic E-state index is -1.56. The first-order valence-electron chi connectivity index (χ1n) is 31.9. The molecule has 1 heterocycles. The molecule has 9 nitrogen and oxygen atoms in total. The van der Waals surface area contributed by atoms with Crippen LogP contribution in [0, 0.1) is 0 Å². The van der Waals surface area contributed by atoms with Gasteiger partial charge in [-0.1, -0.05) is 315 Å². The Bertz CT molecular complexity index is 1140. The van der Waals surface area contributed by atoms with Gasteiger partial charge >= 0.3 is 0 Å². The minimum Gasteiger partial charge on any atom is -0.394 e. The van der Waals surface area contributed by atoms with Gasteiger partial charge in [-0.15, -0.1) is 0 Å². The zero-order chi connectivity index (χ0) is 52.2. The van der Waals surface area contributed by atoms with Crippen molar-refractivity contribution >= 4 is 5.91 Å². The fourth-order valence-corrected chi connectivity index (χ4v) is 10.6. The summed E-state index contributed by atoms with van der Waals surface area (Å²) in [5.41, 5.74) is 0. The summed E-state index contributed by atoms with van der Waals surface area (Å²) in [7, 11) is 0. The van der Waals surface area contributed by atoms with Crippen LogP contribution in [0.15, 0.2) is 12.2 Å². The van der Waals surface area contributed by atoms with Crippen LogP contribution >= 0.6 is 0 Å². The highest BCUT2D eigenvalue weighted by molar-refractivity contribution is 5.76. The van der Waals surface area contributed by atoms with E-state index in [0.29, 0.717) is 6.42 Å². The number of rotatable bonds is 56. The number of unbranched alkanes of at least 4 members (excludes halogenated alkanes) is 46. The molecule has 0 saturated carbocycles. The van der Waals surface area contributed by atoms with E-state index in [2.05, 4.69) is 19.2 Å². The van der Waals surface area contributed by atoms with E-state index >= 15 is 0 Å². The quantitative estimate of drug-likeness (QED) is 0.0261. The first-order valence-corrected chi connectivity index (χ1v) is 31.9. The number of ether oxygens (including phenoxy) is 2. The molecule has 0 bridgehead atoms. The second-order valence-corrected chi connectivity index (χ2v) is 22.6. The Morgan fingerprint density at radius 1 is 0.458 bits per heavy atom. The molecule has 1 fully saturated rings. The lowest BCUT2D eigenvalue weighted by Gasteiger charge is -2.40. The van der Waals surface area contributed by atoms with Crippen LogP contribution in [0.3, 0.4) is 0 Å². The van der Waals surface area contributed by atoms with Crippen LogP contribution in [0.5, 0.6) is 0 Å². The molecule has 2 unspecified atom stereocenters. The second-order valence-electron chi connectivity index (χ2n) is 22.6. The van der Waals surface area contributed by atoms with Crippen molar-refractivity contribution in [3.8, 4) is 0 Å². The SMILES string of the molecule is CCCCCCCCCCCCCCC/C=C/[C@@H](O)[C@H](CO[C@@H]1O[C@H](CO)[C@@H](O)C(O)C1O)NC(=O)CCCCCCCCCCCCCCCCCCCCCCCCCCCCCCCCCCCC. The normalized spacial score (nSPS) is 19.1. The Hall–Kier alpha value is -1.07. The standard InChI is InChI=1S/C63H123NO8/c1-3-5-7-9-11-13-15-17-19-20-21-22-23-24-25-26-27-28-29-30-31-32-33-34-35-36-37-39-41-43-45-47-49-51-53-59(67)64-56(55-71-63-62(70)61(69)60(68)58(54-65)72-63)57(66)52-50-48-46-44-42-40-38-18-16-14-12-10-8-6-4-2/h50,52,56-58,60-63,65-66,68-70H,3-49,51,53-55H2,1-2H3,(H,64,67)/b52-50+/t56-,57+,58+,60+,61?,62?,63+/m0/s1. The topological polar surface area (TPSA) is 149 Å². The van der Waals surface area contributed by atoms with Gasteiger partial charge in [0.15, 0.2) is 6.29 Å². The second kappa shape index (κ2) is 53.3. The Morgan fingerprint density at radius 2 is 0.764 bits per heavy atom. The summed E-state index contributed by atoms with van der Waals surface area (Å²) >= 11 is 0. The minimum absolute atomic E-state index is 0.169. The Labute approximate surface area is 446 Å². The van der Waals surface area contributed by atoms with Crippen LogP contribution in [0.4, 0.5) is 0 Å². The van der Waals surface area contributed by atoms with Gasteiger partial charge in [-0.2, -0.15) is 0 Å². The van der Waals surface area contributed by atoms with E-state index in [1.165, 1.54) is 270 Å². The average molecular weight is 1020 g/mol. The van der Waals surface area contributed by atoms with Gasteiger partial charge in [-0.05, 0) is 19.3 Å². The molecular formula is C63H123NO8. The summed E-state index contributed by atoms with van der Waals surface area (Å²) < 4.78 is 11.3. The van der Waals surface area contributed by atoms with Gasteiger partial charge in [0.05, 0.1) is 25.4 Å². The maximum absolute atomic E-state index is 13.1. The maximum atomic E-state index is 13.1. The smallest absolute Gasteiger partial charge is 0.220 e.